The van der Waals surface area contributed by atoms with E-state index < -0.39 is 6.43 Å². The number of likely N-dealkylation sites (N-methyl/N-ethyl adjacent to an activating group) is 1. The van der Waals surface area contributed by atoms with Crippen LogP contribution in [0.3, 0.4) is 0 Å². The van der Waals surface area contributed by atoms with Crippen LogP contribution in [0.25, 0.3) is 0 Å². The van der Waals surface area contributed by atoms with Crippen LogP contribution >= 0.6 is 0 Å². The van der Waals surface area contributed by atoms with Crippen molar-refractivity contribution in [2.75, 3.05) is 26.7 Å². The molecule has 1 fully saturated rings. The van der Waals surface area contributed by atoms with Crippen LogP contribution in [-0.4, -0.2) is 56.3 Å². The Kier molecular flexibility index (Phi) is 6.30. The van der Waals surface area contributed by atoms with Gasteiger partial charge in [-0.25, -0.2) is 8.78 Å². The summed E-state index contributed by atoms with van der Waals surface area (Å²) in [6.45, 7) is 5.48. The highest BCUT2D eigenvalue weighted by Crippen LogP contribution is 2.20. The predicted octanol–water partition coefficient (Wildman–Crippen LogP) is 1.73. The Labute approximate surface area is 103 Å². The summed E-state index contributed by atoms with van der Waals surface area (Å²) in [5, 5.41) is 3.33. The van der Waals surface area contributed by atoms with Gasteiger partial charge in [0.1, 0.15) is 0 Å². The van der Waals surface area contributed by atoms with Gasteiger partial charge in [0.05, 0.1) is 18.8 Å². The van der Waals surface area contributed by atoms with Gasteiger partial charge in [0.2, 0.25) is 0 Å². The van der Waals surface area contributed by atoms with Gasteiger partial charge >= 0.3 is 0 Å². The second kappa shape index (κ2) is 7.24. The van der Waals surface area contributed by atoms with Crippen molar-refractivity contribution in [3.8, 4) is 0 Å². The van der Waals surface area contributed by atoms with Crippen LogP contribution in [0.5, 0.6) is 0 Å². The van der Waals surface area contributed by atoms with E-state index >= 15 is 0 Å². The fourth-order valence-electron chi connectivity index (χ4n) is 2.09. The van der Waals surface area contributed by atoms with Gasteiger partial charge in [0, 0.05) is 19.1 Å². The molecule has 17 heavy (non-hydrogen) atoms. The van der Waals surface area contributed by atoms with Crippen LogP contribution in [0.2, 0.25) is 0 Å². The number of hydrogen-bond donors (Lipinski definition) is 1. The van der Waals surface area contributed by atoms with E-state index in [0.717, 1.165) is 19.4 Å². The van der Waals surface area contributed by atoms with E-state index in [2.05, 4.69) is 19.2 Å². The molecular formula is C12H24F2N2O. The number of nitrogens with zero attached hydrogens (tertiary/aromatic N) is 1. The van der Waals surface area contributed by atoms with E-state index in [1.807, 2.05) is 0 Å². The summed E-state index contributed by atoms with van der Waals surface area (Å²) in [6, 6.07) is 0.458. The molecule has 1 rings (SSSR count). The van der Waals surface area contributed by atoms with Crippen LogP contribution < -0.4 is 5.32 Å². The second-order valence-corrected chi connectivity index (χ2v) is 5.13. The molecule has 0 aliphatic carbocycles. The smallest absolute Gasteiger partial charge is 0.251 e. The molecule has 2 atom stereocenters. The first kappa shape index (κ1) is 14.8. The molecule has 1 saturated heterocycles. The maximum atomic E-state index is 12.2. The first-order valence-electron chi connectivity index (χ1n) is 6.33. The highest BCUT2D eigenvalue weighted by Gasteiger charge is 2.26. The van der Waals surface area contributed by atoms with Crippen molar-refractivity contribution >= 4 is 0 Å². The molecule has 1 N–H and O–H groups in total. The van der Waals surface area contributed by atoms with Crippen molar-refractivity contribution < 1.29 is 13.5 Å². The third-order valence-electron chi connectivity index (χ3n) is 2.91. The summed E-state index contributed by atoms with van der Waals surface area (Å²) in [7, 11) is 1.72. The third kappa shape index (κ3) is 6.29. The van der Waals surface area contributed by atoms with E-state index in [0.29, 0.717) is 12.6 Å². The van der Waals surface area contributed by atoms with Crippen molar-refractivity contribution in [1.82, 2.24) is 10.2 Å². The molecule has 0 radical (unpaired) electrons. The van der Waals surface area contributed by atoms with Gasteiger partial charge < -0.3 is 10.1 Å². The van der Waals surface area contributed by atoms with Crippen LogP contribution in [0.15, 0.2) is 0 Å². The lowest BCUT2D eigenvalue weighted by atomic mass is 10.2. The first-order valence-corrected chi connectivity index (χ1v) is 6.33. The fourth-order valence-corrected chi connectivity index (χ4v) is 2.09. The maximum Gasteiger partial charge on any atom is 0.251 e. The van der Waals surface area contributed by atoms with Crippen molar-refractivity contribution in [3.63, 3.8) is 0 Å². The molecule has 0 amide bonds. The number of ether oxygens (including phenoxy) is 1. The van der Waals surface area contributed by atoms with Gasteiger partial charge in [0.25, 0.3) is 6.43 Å². The maximum absolute atomic E-state index is 12.2. The molecule has 0 bridgehead atoms. The Bertz CT molecular complexity index is 215. The predicted molar refractivity (Wildman–Crippen MR) is 64.5 cm³/mol. The standard InChI is InChI=1S/C12H24F2N2O/c1-9(2)15-6-10-4-5-11(17-10)7-16(3)8-12(13)14/h9-12,15H,4-8H2,1-3H3. The van der Waals surface area contributed by atoms with Crippen molar-refractivity contribution in [3.05, 3.63) is 0 Å². The zero-order chi connectivity index (χ0) is 12.8. The van der Waals surface area contributed by atoms with Gasteiger partial charge in [-0.3, -0.25) is 4.90 Å². The molecule has 0 saturated carbocycles. The minimum absolute atomic E-state index is 0.109. The van der Waals surface area contributed by atoms with Crippen LogP contribution in [-0.2, 0) is 4.74 Å². The van der Waals surface area contributed by atoms with Crippen LogP contribution in [0.1, 0.15) is 26.7 Å². The Balaban J connectivity index is 2.16. The Morgan fingerprint density at radius 1 is 1.29 bits per heavy atom. The second-order valence-electron chi connectivity index (χ2n) is 5.13. The van der Waals surface area contributed by atoms with Gasteiger partial charge in [0.15, 0.2) is 0 Å². The highest BCUT2D eigenvalue weighted by molar-refractivity contribution is 4.78. The zero-order valence-electron chi connectivity index (χ0n) is 11.0. The topological polar surface area (TPSA) is 24.5 Å². The number of halogens is 2. The summed E-state index contributed by atoms with van der Waals surface area (Å²) < 4.78 is 30.1. The SMILES string of the molecule is CC(C)NCC1CCC(CN(C)CC(F)F)O1. The van der Waals surface area contributed by atoms with E-state index in [1.54, 1.807) is 11.9 Å². The van der Waals surface area contributed by atoms with Crippen molar-refractivity contribution in [1.29, 1.82) is 0 Å². The van der Waals surface area contributed by atoms with E-state index in [4.69, 9.17) is 4.74 Å². The molecule has 1 heterocycles. The average molecular weight is 250 g/mol. The largest absolute Gasteiger partial charge is 0.372 e. The summed E-state index contributed by atoms with van der Waals surface area (Å²) in [6.07, 6.45) is 0.0742. The van der Waals surface area contributed by atoms with Gasteiger partial charge in [-0.05, 0) is 19.9 Å². The quantitative estimate of drug-likeness (QED) is 0.744. The minimum atomic E-state index is -2.26. The molecule has 0 aromatic rings. The molecular weight excluding hydrogens is 226 g/mol. The lowest BCUT2D eigenvalue weighted by Crippen LogP contribution is -2.35. The molecule has 102 valence electrons. The van der Waals surface area contributed by atoms with Gasteiger partial charge in [-0.15, -0.1) is 0 Å². The normalized spacial score (nSPS) is 25.4. The molecule has 0 spiro atoms. The molecule has 1 aliphatic heterocycles. The molecule has 3 nitrogen and oxygen atoms in total. The summed E-state index contributed by atoms with van der Waals surface area (Å²) in [5.74, 6) is 0. The zero-order valence-corrected chi connectivity index (χ0v) is 11.0. The fraction of sp³-hybridized carbons (Fsp3) is 1.00. The Morgan fingerprint density at radius 2 is 1.94 bits per heavy atom. The van der Waals surface area contributed by atoms with E-state index in [1.165, 1.54) is 0 Å². The molecule has 5 heteroatoms. The van der Waals surface area contributed by atoms with Crippen molar-refractivity contribution in [2.45, 2.75) is 51.4 Å². The summed E-state index contributed by atoms with van der Waals surface area (Å²) in [5.41, 5.74) is 0. The summed E-state index contributed by atoms with van der Waals surface area (Å²) >= 11 is 0. The van der Waals surface area contributed by atoms with Gasteiger partial charge in [-0.1, -0.05) is 13.8 Å². The van der Waals surface area contributed by atoms with E-state index in [9.17, 15) is 8.78 Å². The number of rotatable bonds is 7. The number of nitrogens with one attached hydrogen (secondary N) is 1. The van der Waals surface area contributed by atoms with Crippen LogP contribution in [0, 0.1) is 0 Å². The molecule has 0 aromatic carbocycles. The molecule has 2 unspecified atom stereocenters. The first-order chi connectivity index (χ1) is 7.97. The average Bonchev–Trinajstić information content (AvgIpc) is 2.61. The molecule has 1 aliphatic rings. The van der Waals surface area contributed by atoms with Crippen molar-refractivity contribution in [2.24, 2.45) is 0 Å². The monoisotopic (exact) mass is 250 g/mol. The Morgan fingerprint density at radius 3 is 2.53 bits per heavy atom. The lowest BCUT2D eigenvalue weighted by molar-refractivity contribution is 0.0152. The Hall–Kier alpha value is -0.260. The van der Waals surface area contributed by atoms with E-state index in [-0.39, 0.29) is 18.8 Å². The number of hydrogen-bond acceptors (Lipinski definition) is 3. The minimum Gasteiger partial charge on any atom is -0.372 e. The third-order valence-corrected chi connectivity index (χ3v) is 2.91. The van der Waals surface area contributed by atoms with Crippen LogP contribution in [0.4, 0.5) is 8.78 Å². The lowest BCUT2D eigenvalue weighted by Gasteiger charge is -2.21. The van der Waals surface area contributed by atoms with Gasteiger partial charge in [-0.2, -0.15) is 0 Å². The number of alkyl halides is 2. The molecule has 0 aromatic heterocycles. The highest BCUT2D eigenvalue weighted by atomic mass is 19.3. The summed E-state index contributed by atoms with van der Waals surface area (Å²) in [4.78, 5) is 1.65.